The zero-order valence-corrected chi connectivity index (χ0v) is 14.3. The molecule has 3 heterocycles. The lowest BCUT2D eigenvalue weighted by Crippen LogP contribution is -2.31. The molecule has 124 valence electrons. The lowest BCUT2D eigenvalue weighted by atomic mass is 9.87. The minimum absolute atomic E-state index is 0.621. The molecule has 0 radical (unpaired) electrons. The van der Waals surface area contributed by atoms with Crippen molar-refractivity contribution in [2.75, 3.05) is 11.4 Å². The molecule has 0 atom stereocenters. The second-order valence-electron chi connectivity index (χ2n) is 7.18. The first-order valence-corrected chi connectivity index (χ1v) is 9.04. The van der Waals surface area contributed by atoms with Crippen molar-refractivity contribution in [3.8, 4) is 0 Å². The van der Waals surface area contributed by atoms with Crippen molar-refractivity contribution >= 4 is 11.5 Å². The quantitative estimate of drug-likeness (QED) is 0.801. The minimum atomic E-state index is 0.621. The van der Waals surface area contributed by atoms with Crippen LogP contribution in [0.4, 0.5) is 11.5 Å². The number of nitrogens with zero attached hydrogens (tertiary/aromatic N) is 3. The SMILES string of the molecule is [C-]#[N+]c1cnc(N2CCc3[nH]c(C4CCCCC4)cc3C2)c(C)c1. The van der Waals surface area contributed by atoms with E-state index in [1.165, 1.54) is 49.1 Å². The number of rotatable bonds is 2. The molecular formula is C20H24N4. The molecule has 0 spiro atoms. The number of fused-ring (bicyclic) bond motifs is 1. The smallest absolute Gasteiger partial charge is 0.205 e. The zero-order valence-electron chi connectivity index (χ0n) is 14.3. The maximum atomic E-state index is 7.12. The summed E-state index contributed by atoms with van der Waals surface area (Å²) < 4.78 is 0. The van der Waals surface area contributed by atoms with Gasteiger partial charge in [-0.25, -0.2) is 4.85 Å². The van der Waals surface area contributed by atoms with Crippen LogP contribution in [0.1, 0.15) is 60.5 Å². The van der Waals surface area contributed by atoms with E-state index in [2.05, 4.69) is 32.7 Å². The van der Waals surface area contributed by atoms with Crippen LogP contribution in [0.3, 0.4) is 0 Å². The molecule has 2 aliphatic rings. The highest BCUT2D eigenvalue weighted by Gasteiger charge is 2.24. The third-order valence-corrected chi connectivity index (χ3v) is 5.52. The van der Waals surface area contributed by atoms with Gasteiger partial charge in [-0.15, -0.1) is 0 Å². The summed E-state index contributed by atoms with van der Waals surface area (Å²) in [5, 5.41) is 0. The molecule has 2 aromatic rings. The molecule has 0 aromatic carbocycles. The summed E-state index contributed by atoms with van der Waals surface area (Å²) in [6.45, 7) is 11.1. The van der Waals surface area contributed by atoms with Gasteiger partial charge >= 0.3 is 0 Å². The number of hydrogen-bond donors (Lipinski definition) is 1. The summed E-state index contributed by atoms with van der Waals surface area (Å²) in [6, 6.07) is 4.34. The average Bonchev–Trinajstić information content (AvgIpc) is 3.05. The second-order valence-corrected chi connectivity index (χ2v) is 7.18. The zero-order chi connectivity index (χ0) is 16.5. The van der Waals surface area contributed by atoms with Crippen LogP contribution < -0.4 is 4.90 Å². The number of pyridine rings is 1. The summed E-state index contributed by atoms with van der Waals surface area (Å²) in [5.74, 6) is 1.75. The van der Waals surface area contributed by atoms with Gasteiger partial charge < -0.3 is 9.88 Å². The second kappa shape index (κ2) is 6.32. The van der Waals surface area contributed by atoms with Gasteiger partial charge in [0, 0.05) is 37.1 Å². The molecule has 2 aromatic heterocycles. The number of hydrogen-bond acceptors (Lipinski definition) is 2. The van der Waals surface area contributed by atoms with Crippen molar-refractivity contribution in [2.45, 2.75) is 57.9 Å². The third kappa shape index (κ3) is 2.80. The van der Waals surface area contributed by atoms with Crippen molar-refractivity contribution in [1.82, 2.24) is 9.97 Å². The highest BCUT2D eigenvalue weighted by Crippen LogP contribution is 2.35. The maximum absolute atomic E-state index is 7.12. The first-order valence-electron chi connectivity index (χ1n) is 9.04. The minimum Gasteiger partial charge on any atom is -0.362 e. The Kier molecular flexibility index (Phi) is 4.02. The molecule has 0 bridgehead atoms. The number of H-pyrrole nitrogens is 1. The Morgan fingerprint density at radius 2 is 2.08 bits per heavy atom. The van der Waals surface area contributed by atoms with Crippen molar-refractivity contribution in [3.05, 3.63) is 52.3 Å². The number of nitrogens with one attached hydrogen (secondary N) is 1. The molecule has 1 saturated carbocycles. The van der Waals surface area contributed by atoms with E-state index in [0.717, 1.165) is 36.8 Å². The van der Waals surface area contributed by atoms with Gasteiger partial charge in [-0.1, -0.05) is 19.3 Å². The molecule has 4 rings (SSSR count). The Labute approximate surface area is 143 Å². The molecule has 1 fully saturated rings. The average molecular weight is 320 g/mol. The third-order valence-electron chi connectivity index (χ3n) is 5.52. The summed E-state index contributed by atoms with van der Waals surface area (Å²) in [6.07, 6.45) is 9.55. The Hall–Kier alpha value is -2.28. The molecule has 4 nitrogen and oxygen atoms in total. The largest absolute Gasteiger partial charge is 0.362 e. The van der Waals surface area contributed by atoms with Gasteiger partial charge in [0.15, 0.2) is 0 Å². The predicted molar refractivity (Wildman–Crippen MR) is 96.6 cm³/mol. The van der Waals surface area contributed by atoms with Crippen LogP contribution in [-0.4, -0.2) is 16.5 Å². The van der Waals surface area contributed by atoms with Crippen LogP contribution in [0.2, 0.25) is 0 Å². The van der Waals surface area contributed by atoms with E-state index in [9.17, 15) is 0 Å². The maximum Gasteiger partial charge on any atom is 0.205 e. The highest BCUT2D eigenvalue weighted by molar-refractivity contribution is 5.56. The van der Waals surface area contributed by atoms with E-state index in [1.807, 2.05) is 6.07 Å². The van der Waals surface area contributed by atoms with Crippen LogP contribution in [0.15, 0.2) is 18.3 Å². The van der Waals surface area contributed by atoms with Gasteiger partial charge in [0.2, 0.25) is 5.69 Å². The fourth-order valence-electron chi connectivity index (χ4n) is 4.22. The van der Waals surface area contributed by atoms with Crippen molar-refractivity contribution in [1.29, 1.82) is 0 Å². The van der Waals surface area contributed by atoms with E-state index in [-0.39, 0.29) is 0 Å². The van der Waals surface area contributed by atoms with E-state index in [4.69, 9.17) is 6.57 Å². The fraction of sp³-hybridized carbons (Fsp3) is 0.500. The van der Waals surface area contributed by atoms with Gasteiger partial charge in [0.1, 0.15) is 5.82 Å². The Balaban J connectivity index is 1.55. The van der Waals surface area contributed by atoms with Crippen LogP contribution in [0.25, 0.3) is 4.85 Å². The molecule has 0 saturated heterocycles. The van der Waals surface area contributed by atoms with Gasteiger partial charge in [-0.2, -0.15) is 0 Å². The molecular weight excluding hydrogens is 296 g/mol. The number of aryl methyl sites for hydroxylation is 1. The van der Waals surface area contributed by atoms with Gasteiger partial charge in [-0.05, 0) is 48.9 Å². The van der Waals surface area contributed by atoms with Gasteiger partial charge in [0.05, 0.1) is 6.57 Å². The summed E-state index contributed by atoms with van der Waals surface area (Å²) in [7, 11) is 0. The van der Waals surface area contributed by atoms with Crippen LogP contribution in [0.5, 0.6) is 0 Å². The summed E-state index contributed by atoms with van der Waals surface area (Å²) >= 11 is 0. The Morgan fingerprint density at radius 3 is 2.83 bits per heavy atom. The molecule has 1 aliphatic heterocycles. The van der Waals surface area contributed by atoms with Gasteiger partial charge in [-0.3, -0.25) is 4.98 Å². The van der Waals surface area contributed by atoms with Crippen molar-refractivity contribution in [2.24, 2.45) is 0 Å². The van der Waals surface area contributed by atoms with Crippen LogP contribution in [-0.2, 0) is 13.0 Å². The first kappa shape index (κ1) is 15.3. The number of aromatic nitrogens is 2. The number of aromatic amines is 1. The summed E-state index contributed by atoms with van der Waals surface area (Å²) in [4.78, 5) is 14.1. The molecule has 0 unspecified atom stereocenters. The lowest BCUT2D eigenvalue weighted by Gasteiger charge is -2.29. The van der Waals surface area contributed by atoms with Crippen LogP contribution in [0, 0.1) is 13.5 Å². The van der Waals surface area contributed by atoms with E-state index < -0.39 is 0 Å². The highest BCUT2D eigenvalue weighted by atomic mass is 15.2. The molecule has 0 amide bonds. The van der Waals surface area contributed by atoms with Crippen molar-refractivity contribution < 1.29 is 0 Å². The molecule has 24 heavy (non-hydrogen) atoms. The predicted octanol–water partition coefficient (Wildman–Crippen LogP) is 4.88. The normalized spacial score (nSPS) is 18.2. The molecule has 4 heteroatoms. The van der Waals surface area contributed by atoms with E-state index in [1.54, 1.807) is 6.20 Å². The monoisotopic (exact) mass is 320 g/mol. The van der Waals surface area contributed by atoms with E-state index >= 15 is 0 Å². The van der Waals surface area contributed by atoms with Crippen molar-refractivity contribution in [3.63, 3.8) is 0 Å². The summed E-state index contributed by atoms with van der Waals surface area (Å²) in [5.41, 5.74) is 6.01. The van der Waals surface area contributed by atoms with E-state index in [0.29, 0.717) is 5.69 Å². The van der Waals surface area contributed by atoms with Crippen LogP contribution >= 0.6 is 0 Å². The lowest BCUT2D eigenvalue weighted by molar-refractivity contribution is 0.437. The van der Waals surface area contributed by atoms with Gasteiger partial charge in [0.25, 0.3) is 0 Å². The standard InChI is InChI=1S/C20H24N4/c1-14-10-17(21-2)12-22-20(14)24-9-8-18-16(13-24)11-19(23-18)15-6-4-3-5-7-15/h10-12,15,23H,3-9,13H2,1H3. The molecule has 1 aliphatic carbocycles. The Bertz CT molecular complexity index is 777. The fourth-order valence-corrected chi connectivity index (χ4v) is 4.22. The Morgan fingerprint density at radius 1 is 1.25 bits per heavy atom. The topological polar surface area (TPSA) is 36.3 Å². The first-order chi connectivity index (χ1) is 11.7. The number of anilines is 1. The molecule has 1 N–H and O–H groups in total.